The first kappa shape index (κ1) is 20.4. The van der Waals surface area contributed by atoms with Gasteiger partial charge in [-0.2, -0.15) is 13.2 Å². The highest BCUT2D eigenvalue weighted by Crippen LogP contribution is 2.29. The lowest BCUT2D eigenvalue weighted by Gasteiger charge is -2.31. The predicted octanol–water partition coefficient (Wildman–Crippen LogP) is 4.54. The van der Waals surface area contributed by atoms with Crippen LogP contribution in [0.5, 0.6) is 0 Å². The van der Waals surface area contributed by atoms with Crippen molar-refractivity contribution in [3.63, 3.8) is 0 Å². The highest BCUT2D eigenvalue weighted by molar-refractivity contribution is 5.78. The van der Waals surface area contributed by atoms with Crippen molar-refractivity contribution in [3.8, 4) is 0 Å². The lowest BCUT2D eigenvalue weighted by Crippen LogP contribution is -2.40. The van der Waals surface area contributed by atoms with Crippen molar-refractivity contribution in [3.05, 3.63) is 70.8 Å². The van der Waals surface area contributed by atoms with E-state index in [1.165, 1.54) is 17.2 Å². The molecule has 0 aliphatic carbocycles. The Labute approximate surface area is 163 Å². The summed E-state index contributed by atoms with van der Waals surface area (Å²) >= 11 is 0. The number of hydrogen-bond donors (Lipinski definition) is 1. The number of rotatable bonds is 5. The van der Waals surface area contributed by atoms with E-state index in [9.17, 15) is 18.0 Å². The van der Waals surface area contributed by atoms with E-state index in [0.717, 1.165) is 44.6 Å². The standard InChI is InChI=1S/C22H25F3N2O/c1-16-5-2-3-7-19(16)15-27-11-9-18(10-12-27)21(28)26-14-17-6-4-8-20(13-17)22(23,24)25/h2-8,13,18H,9-12,14-15H2,1H3,(H,26,28). The lowest BCUT2D eigenvalue weighted by molar-refractivity contribution is -0.137. The predicted molar refractivity (Wildman–Crippen MR) is 102 cm³/mol. The first-order valence-corrected chi connectivity index (χ1v) is 9.53. The van der Waals surface area contributed by atoms with Crippen LogP contribution >= 0.6 is 0 Å². The van der Waals surface area contributed by atoms with E-state index in [1.807, 2.05) is 12.1 Å². The van der Waals surface area contributed by atoms with Gasteiger partial charge in [-0.15, -0.1) is 0 Å². The molecule has 1 fully saturated rings. The number of carbonyl (C=O) groups excluding carboxylic acids is 1. The second-order valence-electron chi connectivity index (χ2n) is 7.39. The Balaban J connectivity index is 1.47. The summed E-state index contributed by atoms with van der Waals surface area (Å²) in [7, 11) is 0. The summed E-state index contributed by atoms with van der Waals surface area (Å²) in [5, 5.41) is 2.80. The number of carbonyl (C=O) groups is 1. The molecule has 150 valence electrons. The molecule has 1 aliphatic rings. The van der Waals surface area contributed by atoms with Gasteiger partial charge in [0.2, 0.25) is 5.91 Å². The highest BCUT2D eigenvalue weighted by atomic mass is 19.4. The number of hydrogen-bond acceptors (Lipinski definition) is 2. The summed E-state index contributed by atoms with van der Waals surface area (Å²) in [5.74, 6) is -0.160. The smallest absolute Gasteiger partial charge is 0.352 e. The van der Waals surface area contributed by atoms with Gasteiger partial charge < -0.3 is 5.32 Å². The molecular weight excluding hydrogens is 365 g/mol. The molecule has 0 aromatic heterocycles. The third-order valence-electron chi connectivity index (χ3n) is 5.33. The van der Waals surface area contributed by atoms with Gasteiger partial charge in [-0.1, -0.05) is 36.4 Å². The van der Waals surface area contributed by atoms with Gasteiger partial charge in [-0.25, -0.2) is 0 Å². The van der Waals surface area contributed by atoms with Gasteiger partial charge in [0.25, 0.3) is 0 Å². The zero-order valence-electron chi connectivity index (χ0n) is 15.9. The Morgan fingerprint density at radius 1 is 1.11 bits per heavy atom. The average molecular weight is 390 g/mol. The molecule has 1 N–H and O–H groups in total. The molecule has 0 unspecified atom stereocenters. The summed E-state index contributed by atoms with van der Waals surface area (Å²) < 4.78 is 38.4. The summed E-state index contributed by atoms with van der Waals surface area (Å²) in [6, 6.07) is 13.4. The summed E-state index contributed by atoms with van der Waals surface area (Å²) in [6.45, 7) is 4.78. The molecule has 2 aromatic carbocycles. The Hall–Kier alpha value is -2.34. The van der Waals surface area contributed by atoms with Crippen LogP contribution in [0.3, 0.4) is 0 Å². The van der Waals surface area contributed by atoms with Crippen molar-refractivity contribution in [2.45, 2.75) is 39.0 Å². The van der Waals surface area contributed by atoms with Gasteiger partial charge in [0, 0.05) is 19.0 Å². The molecule has 1 aliphatic heterocycles. The monoisotopic (exact) mass is 390 g/mol. The van der Waals surface area contributed by atoms with Crippen LogP contribution in [0.4, 0.5) is 13.2 Å². The number of aryl methyl sites for hydroxylation is 1. The molecule has 1 heterocycles. The summed E-state index contributed by atoms with van der Waals surface area (Å²) in [6.07, 6.45) is -2.84. The number of nitrogens with one attached hydrogen (secondary N) is 1. The van der Waals surface area contributed by atoms with Crippen molar-refractivity contribution in [2.75, 3.05) is 13.1 Å². The fourth-order valence-corrected chi connectivity index (χ4v) is 3.57. The van der Waals surface area contributed by atoms with Crippen LogP contribution in [-0.2, 0) is 24.1 Å². The molecule has 3 rings (SSSR count). The third-order valence-corrected chi connectivity index (χ3v) is 5.33. The van der Waals surface area contributed by atoms with E-state index in [-0.39, 0.29) is 18.4 Å². The van der Waals surface area contributed by atoms with Crippen LogP contribution in [0.2, 0.25) is 0 Å². The molecule has 3 nitrogen and oxygen atoms in total. The maximum absolute atomic E-state index is 12.8. The van der Waals surface area contributed by atoms with Gasteiger partial charge in [0.15, 0.2) is 0 Å². The molecule has 6 heteroatoms. The highest BCUT2D eigenvalue weighted by Gasteiger charge is 2.30. The van der Waals surface area contributed by atoms with Crippen molar-refractivity contribution in [1.82, 2.24) is 10.2 Å². The number of nitrogens with zero attached hydrogens (tertiary/aromatic N) is 1. The first-order valence-electron chi connectivity index (χ1n) is 9.53. The molecular formula is C22H25F3N2O. The lowest BCUT2D eigenvalue weighted by atomic mass is 9.95. The molecule has 0 radical (unpaired) electrons. The summed E-state index contributed by atoms with van der Waals surface area (Å²) in [5.41, 5.74) is 2.34. The minimum Gasteiger partial charge on any atom is -0.352 e. The van der Waals surface area contributed by atoms with Gasteiger partial charge in [0.1, 0.15) is 0 Å². The van der Waals surface area contributed by atoms with Crippen molar-refractivity contribution in [1.29, 1.82) is 0 Å². The Morgan fingerprint density at radius 2 is 1.82 bits per heavy atom. The average Bonchev–Trinajstić information content (AvgIpc) is 2.68. The molecule has 1 saturated heterocycles. The van der Waals surface area contributed by atoms with Crippen molar-refractivity contribution < 1.29 is 18.0 Å². The van der Waals surface area contributed by atoms with E-state index in [1.54, 1.807) is 6.07 Å². The quantitative estimate of drug-likeness (QED) is 0.813. The van der Waals surface area contributed by atoms with Crippen LogP contribution in [0.15, 0.2) is 48.5 Å². The second kappa shape index (κ2) is 8.78. The van der Waals surface area contributed by atoms with Crippen LogP contribution in [0.1, 0.15) is 35.1 Å². The molecule has 0 saturated carbocycles. The van der Waals surface area contributed by atoms with E-state index in [4.69, 9.17) is 0 Å². The molecule has 0 atom stereocenters. The zero-order chi connectivity index (χ0) is 20.1. The van der Waals surface area contributed by atoms with E-state index in [2.05, 4.69) is 29.3 Å². The Morgan fingerprint density at radius 3 is 2.50 bits per heavy atom. The Kier molecular flexibility index (Phi) is 6.39. The van der Waals surface area contributed by atoms with Gasteiger partial charge in [-0.05, 0) is 61.7 Å². The number of likely N-dealkylation sites (tertiary alicyclic amines) is 1. The topological polar surface area (TPSA) is 32.3 Å². The van der Waals surface area contributed by atoms with E-state index < -0.39 is 11.7 Å². The largest absolute Gasteiger partial charge is 0.416 e. The number of piperidine rings is 1. The van der Waals surface area contributed by atoms with Gasteiger partial charge in [-0.3, -0.25) is 9.69 Å². The first-order chi connectivity index (χ1) is 13.3. The minimum absolute atomic E-state index is 0.0760. The van der Waals surface area contributed by atoms with Crippen molar-refractivity contribution in [2.24, 2.45) is 5.92 Å². The number of benzene rings is 2. The minimum atomic E-state index is -4.37. The number of alkyl halides is 3. The number of halogens is 3. The van der Waals surface area contributed by atoms with Gasteiger partial charge >= 0.3 is 6.18 Å². The molecule has 0 bridgehead atoms. The van der Waals surface area contributed by atoms with Crippen LogP contribution in [-0.4, -0.2) is 23.9 Å². The summed E-state index contributed by atoms with van der Waals surface area (Å²) in [4.78, 5) is 14.8. The normalized spacial score (nSPS) is 16.1. The zero-order valence-corrected chi connectivity index (χ0v) is 15.9. The van der Waals surface area contributed by atoms with E-state index in [0.29, 0.717) is 5.56 Å². The maximum Gasteiger partial charge on any atom is 0.416 e. The van der Waals surface area contributed by atoms with Gasteiger partial charge in [0.05, 0.1) is 5.56 Å². The molecule has 0 spiro atoms. The van der Waals surface area contributed by atoms with E-state index >= 15 is 0 Å². The van der Waals surface area contributed by atoms with Crippen LogP contribution in [0.25, 0.3) is 0 Å². The SMILES string of the molecule is Cc1ccccc1CN1CCC(C(=O)NCc2cccc(C(F)(F)F)c2)CC1. The number of amides is 1. The Bertz CT molecular complexity index is 811. The third kappa shape index (κ3) is 5.35. The van der Waals surface area contributed by atoms with Crippen LogP contribution in [0, 0.1) is 12.8 Å². The molecule has 28 heavy (non-hydrogen) atoms. The molecule has 2 aromatic rings. The van der Waals surface area contributed by atoms with Crippen molar-refractivity contribution >= 4 is 5.91 Å². The molecule has 1 amide bonds. The fraction of sp³-hybridized carbons (Fsp3) is 0.409. The fourth-order valence-electron chi connectivity index (χ4n) is 3.57. The van der Waals surface area contributed by atoms with Crippen LogP contribution < -0.4 is 5.32 Å². The maximum atomic E-state index is 12.8. The second-order valence-corrected chi connectivity index (χ2v) is 7.39.